The lowest BCUT2D eigenvalue weighted by molar-refractivity contribution is -0.139. The van der Waals surface area contributed by atoms with Crippen LogP contribution in [0.3, 0.4) is 0 Å². The highest BCUT2D eigenvalue weighted by Gasteiger charge is 2.28. The first-order chi connectivity index (χ1) is 10.7. The number of methoxy groups -OCH3 is 1. The highest BCUT2D eigenvalue weighted by Crippen LogP contribution is 2.35. The summed E-state index contributed by atoms with van der Waals surface area (Å²) in [6.07, 6.45) is 6.95. The van der Waals surface area contributed by atoms with Crippen molar-refractivity contribution >= 4 is 23.5 Å². The number of carbonyl (C=O) groups is 2. The second-order valence-corrected chi connectivity index (χ2v) is 7.39. The van der Waals surface area contributed by atoms with Crippen molar-refractivity contribution in [3.05, 3.63) is 34.9 Å². The summed E-state index contributed by atoms with van der Waals surface area (Å²) >= 11 is 1.40. The molecule has 0 saturated heterocycles. The third-order valence-electron chi connectivity index (χ3n) is 4.80. The minimum Gasteiger partial charge on any atom is -0.468 e. The van der Waals surface area contributed by atoms with E-state index >= 15 is 0 Å². The number of esters is 1. The monoisotopic (exact) mass is 318 g/mol. The van der Waals surface area contributed by atoms with Gasteiger partial charge in [0.25, 0.3) is 0 Å². The van der Waals surface area contributed by atoms with E-state index in [0.29, 0.717) is 18.1 Å². The molecule has 3 rings (SSSR count). The number of thioether (sulfide) groups is 1. The summed E-state index contributed by atoms with van der Waals surface area (Å²) < 4.78 is 4.84. The van der Waals surface area contributed by atoms with Gasteiger partial charge in [0.05, 0.1) is 12.9 Å². The summed E-state index contributed by atoms with van der Waals surface area (Å²) in [5.41, 5.74) is 3.11. The molecule has 1 unspecified atom stereocenters. The van der Waals surface area contributed by atoms with Crippen LogP contribution < -0.4 is 0 Å². The standard InChI is InChI=1S/C18H22O3S/c1-21-18(20)17-10-14-8-7-13(12-5-3-2-4-6-12)9-15(14)16(19)11-22-17/h7-9,12,17H,2-6,10-11H2,1H3. The van der Waals surface area contributed by atoms with Crippen LogP contribution in [-0.2, 0) is 16.0 Å². The van der Waals surface area contributed by atoms with E-state index in [0.717, 1.165) is 11.1 Å². The summed E-state index contributed by atoms with van der Waals surface area (Å²) in [4.78, 5) is 24.2. The molecule has 1 fully saturated rings. The normalized spacial score (nSPS) is 22.8. The maximum absolute atomic E-state index is 12.4. The fraction of sp³-hybridized carbons (Fsp3) is 0.556. The molecule has 4 heteroatoms. The molecule has 2 aliphatic rings. The van der Waals surface area contributed by atoms with Crippen molar-refractivity contribution in [3.8, 4) is 0 Å². The predicted octanol–water partition coefficient (Wildman–Crippen LogP) is 3.75. The zero-order chi connectivity index (χ0) is 15.5. The van der Waals surface area contributed by atoms with Gasteiger partial charge in [0.2, 0.25) is 0 Å². The van der Waals surface area contributed by atoms with E-state index in [4.69, 9.17) is 4.74 Å². The first-order valence-electron chi connectivity index (χ1n) is 8.04. The Morgan fingerprint density at radius 3 is 2.73 bits per heavy atom. The molecule has 3 nitrogen and oxygen atoms in total. The molecule has 1 aromatic carbocycles. The van der Waals surface area contributed by atoms with Crippen molar-refractivity contribution in [1.29, 1.82) is 0 Å². The molecule has 0 N–H and O–H groups in total. The summed E-state index contributed by atoms with van der Waals surface area (Å²) in [6, 6.07) is 6.30. The van der Waals surface area contributed by atoms with Crippen molar-refractivity contribution in [2.24, 2.45) is 0 Å². The topological polar surface area (TPSA) is 43.4 Å². The third kappa shape index (κ3) is 3.22. The zero-order valence-corrected chi connectivity index (χ0v) is 13.8. The van der Waals surface area contributed by atoms with Crippen LogP contribution in [0.2, 0.25) is 0 Å². The minimum absolute atomic E-state index is 0.143. The molecule has 0 amide bonds. The molecule has 0 radical (unpaired) electrons. The van der Waals surface area contributed by atoms with Gasteiger partial charge < -0.3 is 4.74 Å². The second-order valence-electron chi connectivity index (χ2n) is 6.20. The minimum atomic E-state index is -0.268. The lowest BCUT2D eigenvalue weighted by Crippen LogP contribution is -2.21. The molecule has 1 aromatic rings. The van der Waals surface area contributed by atoms with Gasteiger partial charge in [0, 0.05) is 5.56 Å². The maximum Gasteiger partial charge on any atom is 0.319 e. The Balaban J connectivity index is 1.87. The predicted molar refractivity (Wildman–Crippen MR) is 88.6 cm³/mol. The van der Waals surface area contributed by atoms with E-state index in [1.165, 1.54) is 56.5 Å². The Labute approximate surface area is 135 Å². The highest BCUT2D eigenvalue weighted by atomic mass is 32.2. The van der Waals surface area contributed by atoms with Crippen LogP contribution in [0.15, 0.2) is 18.2 Å². The smallest absolute Gasteiger partial charge is 0.319 e. The number of ether oxygens (including phenoxy) is 1. The average Bonchev–Trinajstić information content (AvgIpc) is 2.74. The fourth-order valence-electron chi connectivity index (χ4n) is 3.52. The highest BCUT2D eigenvalue weighted by molar-refractivity contribution is 8.01. The van der Waals surface area contributed by atoms with Crippen LogP contribution in [0.5, 0.6) is 0 Å². The number of benzene rings is 1. The van der Waals surface area contributed by atoms with E-state index in [1.54, 1.807) is 0 Å². The Morgan fingerprint density at radius 2 is 2.00 bits per heavy atom. The Hall–Kier alpha value is -1.29. The lowest BCUT2D eigenvalue weighted by atomic mass is 9.82. The summed E-state index contributed by atoms with van der Waals surface area (Å²) in [6.45, 7) is 0. The van der Waals surface area contributed by atoms with Crippen molar-refractivity contribution in [2.45, 2.75) is 49.7 Å². The Morgan fingerprint density at radius 1 is 1.23 bits per heavy atom. The number of Topliss-reactive ketones (excluding diaryl/α,β-unsaturated/α-hetero) is 1. The van der Waals surface area contributed by atoms with Crippen molar-refractivity contribution in [1.82, 2.24) is 0 Å². The van der Waals surface area contributed by atoms with Gasteiger partial charge >= 0.3 is 5.97 Å². The van der Waals surface area contributed by atoms with Gasteiger partial charge in [-0.2, -0.15) is 0 Å². The molecular weight excluding hydrogens is 296 g/mol. The van der Waals surface area contributed by atoms with Crippen LogP contribution >= 0.6 is 11.8 Å². The zero-order valence-electron chi connectivity index (χ0n) is 13.0. The van der Waals surface area contributed by atoms with Gasteiger partial charge in [0.1, 0.15) is 5.25 Å². The SMILES string of the molecule is COC(=O)C1Cc2ccc(C3CCCCC3)cc2C(=O)CS1. The number of hydrogen-bond donors (Lipinski definition) is 0. The van der Waals surface area contributed by atoms with Gasteiger partial charge in [-0.1, -0.05) is 31.4 Å². The van der Waals surface area contributed by atoms with Crippen molar-refractivity contribution in [3.63, 3.8) is 0 Å². The fourth-order valence-corrected chi connectivity index (χ4v) is 4.55. The molecule has 0 spiro atoms. The van der Waals surface area contributed by atoms with Crippen LogP contribution in [0.1, 0.15) is 59.5 Å². The Bertz CT molecular complexity index is 576. The summed E-state index contributed by atoms with van der Waals surface area (Å²) in [5.74, 6) is 0.867. The van der Waals surface area contributed by atoms with Crippen LogP contribution in [0, 0.1) is 0 Å². The molecule has 0 bridgehead atoms. The number of carbonyl (C=O) groups excluding carboxylic acids is 2. The molecule has 1 aliphatic carbocycles. The van der Waals surface area contributed by atoms with Crippen LogP contribution in [0.4, 0.5) is 0 Å². The Kier molecular flexibility index (Phi) is 4.87. The quantitative estimate of drug-likeness (QED) is 0.779. The van der Waals surface area contributed by atoms with Crippen LogP contribution in [0.25, 0.3) is 0 Å². The summed E-state index contributed by atoms with van der Waals surface area (Å²) in [7, 11) is 1.41. The molecule has 1 aliphatic heterocycles. The van der Waals surface area contributed by atoms with E-state index in [1.807, 2.05) is 0 Å². The molecule has 1 saturated carbocycles. The first kappa shape index (κ1) is 15.6. The molecule has 1 atom stereocenters. The van der Waals surface area contributed by atoms with Gasteiger partial charge in [-0.3, -0.25) is 9.59 Å². The van der Waals surface area contributed by atoms with Gasteiger partial charge in [-0.25, -0.2) is 0 Å². The van der Waals surface area contributed by atoms with Gasteiger partial charge in [0.15, 0.2) is 5.78 Å². The van der Waals surface area contributed by atoms with Gasteiger partial charge in [-0.15, -0.1) is 11.8 Å². The molecular formula is C18H22O3S. The van der Waals surface area contributed by atoms with Gasteiger partial charge in [-0.05, 0) is 42.4 Å². The lowest BCUT2D eigenvalue weighted by Gasteiger charge is -2.23. The van der Waals surface area contributed by atoms with Crippen molar-refractivity contribution in [2.75, 3.05) is 12.9 Å². The van der Waals surface area contributed by atoms with E-state index < -0.39 is 0 Å². The molecule has 1 heterocycles. The average molecular weight is 318 g/mol. The molecule has 22 heavy (non-hydrogen) atoms. The third-order valence-corrected chi connectivity index (χ3v) is 5.99. The largest absolute Gasteiger partial charge is 0.468 e. The second kappa shape index (κ2) is 6.86. The van der Waals surface area contributed by atoms with Crippen molar-refractivity contribution < 1.29 is 14.3 Å². The van der Waals surface area contributed by atoms with E-state index in [9.17, 15) is 9.59 Å². The molecule has 0 aromatic heterocycles. The van der Waals surface area contributed by atoms with E-state index in [-0.39, 0.29) is 17.0 Å². The molecule has 118 valence electrons. The maximum atomic E-state index is 12.4. The first-order valence-corrected chi connectivity index (χ1v) is 9.09. The van der Waals surface area contributed by atoms with E-state index in [2.05, 4.69) is 18.2 Å². The number of fused-ring (bicyclic) bond motifs is 1. The number of hydrogen-bond acceptors (Lipinski definition) is 4. The number of ketones is 1. The number of rotatable bonds is 2. The summed E-state index contributed by atoms with van der Waals surface area (Å²) in [5, 5.41) is -0.268. The van der Waals surface area contributed by atoms with Crippen LogP contribution in [-0.4, -0.2) is 29.9 Å².